The molecule has 0 bridgehead atoms. The first-order valence-electron chi connectivity index (χ1n) is 9.90. The Kier molecular flexibility index (Phi) is 3.44. The van der Waals surface area contributed by atoms with Gasteiger partial charge in [0.25, 0.3) is 0 Å². The number of pyridine rings is 1. The molecule has 4 aromatic heterocycles. The van der Waals surface area contributed by atoms with Crippen LogP contribution in [0.15, 0.2) is 18.6 Å². The lowest BCUT2D eigenvalue weighted by Crippen LogP contribution is -2.46. The van der Waals surface area contributed by atoms with E-state index >= 15 is 0 Å². The van der Waals surface area contributed by atoms with Crippen LogP contribution in [0.25, 0.3) is 33.7 Å². The summed E-state index contributed by atoms with van der Waals surface area (Å²) in [5.41, 5.74) is 3.31. The van der Waals surface area contributed by atoms with Gasteiger partial charge in [0.05, 0.1) is 30.4 Å². The molecular formula is C20H19N9O. The van der Waals surface area contributed by atoms with Gasteiger partial charge in [0.15, 0.2) is 28.5 Å². The highest BCUT2D eigenvalue weighted by atomic mass is 16.5. The maximum atomic E-state index is 9.21. The van der Waals surface area contributed by atoms with Gasteiger partial charge in [-0.05, 0) is 19.9 Å². The molecule has 0 unspecified atom stereocenters. The van der Waals surface area contributed by atoms with Gasteiger partial charge in [-0.1, -0.05) is 0 Å². The number of fused-ring (bicyclic) bond motifs is 4. The number of aromatic nitrogens is 7. The monoisotopic (exact) mass is 401 g/mol. The van der Waals surface area contributed by atoms with Crippen LogP contribution < -0.4 is 4.90 Å². The smallest absolute Gasteiger partial charge is 0.177 e. The van der Waals surface area contributed by atoms with Gasteiger partial charge in [0, 0.05) is 31.4 Å². The number of hydrogen-bond acceptors (Lipinski definition) is 8. The molecule has 0 radical (unpaired) electrons. The minimum Gasteiger partial charge on any atom is -0.366 e. The Morgan fingerprint density at radius 1 is 1.23 bits per heavy atom. The van der Waals surface area contributed by atoms with Crippen LogP contribution in [0.4, 0.5) is 5.82 Å². The number of aromatic amines is 1. The highest BCUT2D eigenvalue weighted by molar-refractivity contribution is 5.87. The zero-order valence-electron chi connectivity index (χ0n) is 16.6. The second-order valence-electron chi connectivity index (χ2n) is 8.22. The molecule has 6 rings (SSSR count). The maximum Gasteiger partial charge on any atom is 0.177 e. The molecule has 10 heteroatoms. The van der Waals surface area contributed by atoms with E-state index in [1.54, 1.807) is 12.5 Å². The fraction of sp³-hybridized carbons (Fsp3) is 0.400. The van der Waals surface area contributed by atoms with Crippen LogP contribution in [0.5, 0.6) is 0 Å². The number of nitrogens with zero attached hydrogens (tertiary/aromatic N) is 8. The predicted molar refractivity (Wildman–Crippen MR) is 108 cm³/mol. The van der Waals surface area contributed by atoms with Gasteiger partial charge in [0.1, 0.15) is 11.4 Å². The van der Waals surface area contributed by atoms with Crippen molar-refractivity contribution in [3.8, 4) is 17.5 Å². The molecule has 2 aliphatic rings. The Labute approximate surface area is 171 Å². The van der Waals surface area contributed by atoms with E-state index in [1.807, 2.05) is 19.9 Å². The van der Waals surface area contributed by atoms with Crippen molar-refractivity contribution in [1.29, 1.82) is 5.26 Å². The van der Waals surface area contributed by atoms with E-state index in [9.17, 15) is 5.26 Å². The van der Waals surface area contributed by atoms with E-state index in [0.717, 1.165) is 33.9 Å². The number of H-pyrrole nitrogens is 1. The van der Waals surface area contributed by atoms with Crippen molar-refractivity contribution in [3.05, 3.63) is 24.4 Å². The highest BCUT2D eigenvalue weighted by Crippen LogP contribution is 2.36. The first-order valence-corrected chi connectivity index (χ1v) is 9.90. The van der Waals surface area contributed by atoms with Gasteiger partial charge in [0.2, 0.25) is 0 Å². The second kappa shape index (κ2) is 5.96. The van der Waals surface area contributed by atoms with Gasteiger partial charge in [-0.2, -0.15) is 5.26 Å². The molecule has 0 aliphatic carbocycles. The molecule has 1 fully saturated rings. The Bertz CT molecular complexity index is 1340. The molecule has 0 aromatic carbocycles. The molecule has 2 aliphatic heterocycles. The second-order valence-corrected chi connectivity index (χ2v) is 8.22. The molecule has 1 saturated heterocycles. The van der Waals surface area contributed by atoms with Gasteiger partial charge < -0.3 is 19.2 Å². The van der Waals surface area contributed by atoms with Crippen LogP contribution in [0.2, 0.25) is 0 Å². The lowest BCUT2D eigenvalue weighted by atomic mass is 10.0. The average molecular weight is 401 g/mol. The van der Waals surface area contributed by atoms with E-state index in [0.29, 0.717) is 37.7 Å². The number of ether oxygens (including phenoxy) is 1. The molecule has 0 amide bonds. The molecule has 150 valence electrons. The molecule has 0 spiro atoms. The summed E-state index contributed by atoms with van der Waals surface area (Å²) in [6.07, 6.45) is 3.36. The van der Waals surface area contributed by atoms with Crippen molar-refractivity contribution in [2.45, 2.75) is 26.0 Å². The van der Waals surface area contributed by atoms with E-state index in [2.05, 4.69) is 30.5 Å². The topological polar surface area (TPSA) is 121 Å². The zero-order chi connectivity index (χ0) is 20.5. The van der Waals surface area contributed by atoms with E-state index in [1.165, 1.54) is 0 Å². The third-order valence-corrected chi connectivity index (χ3v) is 5.79. The summed E-state index contributed by atoms with van der Waals surface area (Å²) in [6, 6.07) is 4.28. The number of imidazole rings is 2. The minimum atomic E-state index is -0.503. The summed E-state index contributed by atoms with van der Waals surface area (Å²) in [6.45, 7) is 6.60. The van der Waals surface area contributed by atoms with Crippen LogP contribution in [0.1, 0.15) is 19.7 Å². The summed E-state index contributed by atoms with van der Waals surface area (Å²) < 4.78 is 8.06. The van der Waals surface area contributed by atoms with Crippen molar-refractivity contribution >= 4 is 28.1 Å². The van der Waals surface area contributed by atoms with Crippen molar-refractivity contribution in [2.24, 2.45) is 5.92 Å². The van der Waals surface area contributed by atoms with Crippen LogP contribution in [-0.2, 0) is 16.9 Å². The Balaban J connectivity index is 1.58. The van der Waals surface area contributed by atoms with Gasteiger partial charge >= 0.3 is 0 Å². The van der Waals surface area contributed by atoms with Crippen molar-refractivity contribution in [3.63, 3.8) is 0 Å². The summed E-state index contributed by atoms with van der Waals surface area (Å²) in [5.74, 6) is 2.19. The third-order valence-electron chi connectivity index (χ3n) is 5.79. The van der Waals surface area contributed by atoms with Crippen molar-refractivity contribution in [2.75, 3.05) is 24.6 Å². The number of hydrogen-bond donors (Lipinski definition) is 1. The van der Waals surface area contributed by atoms with Crippen LogP contribution in [0, 0.1) is 17.2 Å². The molecule has 10 nitrogen and oxygen atoms in total. The Hall–Kier alpha value is -3.58. The quantitative estimate of drug-likeness (QED) is 0.541. The fourth-order valence-corrected chi connectivity index (χ4v) is 4.15. The lowest BCUT2D eigenvalue weighted by Gasteiger charge is -2.36. The molecule has 0 saturated carbocycles. The Morgan fingerprint density at radius 2 is 2.10 bits per heavy atom. The number of nitriles is 1. The van der Waals surface area contributed by atoms with Crippen LogP contribution in [0.3, 0.4) is 0 Å². The van der Waals surface area contributed by atoms with E-state index in [-0.39, 0.29) is 5.92 Å². The van der Waals surface area contributed by atoms with Gasteiger partial charge in [-0.25, -0.2) is 24.9 Å². The van der Waals surface area contributed by atoms with Crippen molar-refractivity contribution in [1.82, 2.24) is 34.5 Å². The summed E-state index contributed by atoms with van der Waals surface area (Å²) >= 11 is 0. The lowest BCUT2D eigenvalue weighted by molar-refractivity contribution is -0.0530. The molecule has 0 atom stereocenters. The van der Waals surface area contributed by atoms with Gasteiger partial charge in [-0.15, -0.1) is 0 Å². The molecular weight excluding hydrogens is 382 g/mol. The van der Waals surface area contributed by atoms with E-state index < -0.39 is 5.60 Å². The average Bonchev–Trinajstić information content (AvgIpc) is 3.31. The Morgan fingerprint density at radius 3 is 2.93 bits per heavy atom. The summed E-state index contributed by atoms with van der Waals surface area (Å²) in [7, 11) is 0. The van der Waals surface area contributed by atoms with Gasteiger partial charge in [-0.3, -0.25) is 0 Å². The zero-order valence-corrected chi connectivity index (χ0v) is 16.6. The first-order chi connectivity index (χ1) is 14.5. The maximum absolute atomic E-state index is 9.21. The normalized spacial score (nSPS) is 18.4. The number of rotatable bonds is 2. The molecule has 1 N–H and O–H groups in total. The third kappa shape index (κ3) is 2.42. The SMILES string of the molecule is CC1(C)OCCn2c1nc1c(N3CC(C#N)C3)nc(-c3cnc4nc[nH]c4c3)nc12. The predicted octanol–water partition coefficient (Wildman–Crippen LogP) is 1.99. The fourth-order valence-electron chi connectivity index (χ4n) is 4.15. The molecule has 30 heavy (non-hydrogen) atoms. The highest BCUT2D eigenvalue weighted by Gasteiger charge is 2.36. The standard InChI is InChI=1S/C20H19N9O/c1-20(2)19-25-14-17(28-8-11(6-21)9-28)26-15(27-18(14)29(19)3-4-30-20)12-5-13-16(22-7-12)24-10-23-13/h5,7,10-11H,3-4,8-9H2,1-2H3,(H,22,23,24). The summed E-state index contributed by atoms with van der Waals surface area (Å²) in [5, 5.41) is 9.21. The van der Waals surface area contributed by atoms with Crippen LogP contribution in [-0.4, -0.2) is 54.2 Å². The largest absolute Gasteiger partial charge is 0.366 e. The molecule has 6 heterocycles. The molecule has 4 aromatic rings. The summed E-state index contributed by atoms with van der Waals surface area (Å²) in [4.78, 5) is 28.4. The minimum absolute atomic E-state index is 0.0125. The van der Waals surface area contributed by atoms with Crippen molar-refractivity contribution < 1.29 is 4.74 Å². The number of nitrogens with one attached hydrogen (secondary N) is 1. The van der Waals surface area contributed by atoms with E-state index in [4.69, 9.17) is 19.7 Å². The first kappa shape index (κ1) is 17.3. The van der Waals surface area contributed by atoms with Crippen LogP contribution >= 0.6 is 0 Å². The number of anilines is 1.